The molecule has 0 saturated carbocycles. The van der Waals surface area contributed by atoms with E-state index in [4.69, 9.17) is 0 Å². The molecule has 122 valence electrons. The van der Waals surface area contributed by atoms with Crippen LogP contribution in [0.25, 0.3) is 0 Å². The van der Waals surface area contributed by atoms with Crippen LogP contribution in [0.2, 0.25) is 0 Å². The van der Waals surface area contributed by atoms with Crippen molar-refractivity contribution in [3.63, 3.8) is 0 Å². The highest BCUT2D eigenvalue weighted by molar-refractivity contribution is 7.09. The fourth-order valence-electron chi connectivity index (χ4n) is 3.11. The van der Waals surface area contributed by atoms with Crippen LogP contribution in [0.15, 0.2) is 40.7 Å². The van der Waals surface area contributed by atoms with Crippen molar-refractivity contribution in [1.29, 1.82) is 0 Å². The highest BCUT2D eigenvalue weighted by Gasteiger charge is 2.24. The largest absolute Gasteiger partial charge is 0.350 e. The smallest absolute Gasteiger partial charge is 0.194 e. The topological polar surface area (TPSA) is 40.5 Å². The molecule has 0 aliphatic carbocycles. The number of thiazole rings is 1. The maximum Gasteiger partial charge on any atom is 0.194 e. The summed E-state index contributed by atoms with van der Waals surface area (Å²) in [7, 11) is 1.86. The third kappa shape index (κ3) is 4.32. The van der Waals surface area contributed by atoms with Gasteiger partial charge in [-0.25, -0.2) is 4.98 Å². The van der Waals surface area contributed by atoms with E-state index in [2.05, 4.69) is 55.9 Å². The maximum absolute atomic E-state index is 4.50. The highest BCUT2D eigenvalue weighted by atomic mass is 32.1. The molecule has 2 heterocycles. The molecule has 0 radical (unpaired) electrons. The second-order valence-corrected chi connectivity index (χ2v) is 7.02. The first-order valence-electron chi connectivity index (χ1n) is 8.15. The summed E-state index contributed by atoms with van der Waals surface area (Å²) in [6.07, 6.45) is 2.38. The number of aliphatic imine (C=N–C) groups is 1. The molecule has 2 aromatic rings. The molecule has 1 saturated heterocycles. The molecule has 0 bridgehead atoms. The summed E-state index contributed by atoms with van der Waals surface area (Å²) in [6, 6.07) is 10.8. The number of hydrogen-bond acceptors (Lipinski definition) is 3. The maximum atomic E-state index is 4.50. The zero-order chi connectivity index (χ0) is 16.1. The fourth-order valence-corrected chi connectivity index (χ4v) is 3.82. The predicted molar refractivity (Wildman–Crippen MR) is 96.9 cm³/mol. The van der Waals surface area contributed by atoms with Crippen molar-refractivity contribution in [1.82, 2.24) is 15.2 Å². The summed E-state index contributed by atoms with van der Waals surface area (Å²) in [6.45, 7) is 4.94. The number of aryl methyl sites for hydroxylation is 1. The van der Waals surface area contributed by atoms with Gasteiger partial charge in [-0.3, -0.25) is 4.99 Å². The highest BCUT2D eigenvalue weighted by Crippen LogP contribution is 2.21. The summed E-state index contributed by atoms with van der Waals surface area (Å²) in [5.74, 6) is 1.70. The van der Waals surface area contributed by atoms with Crippen molar-refractivity contribution in [2.75, 3.05) is 20.1 Å². The first-order chi connectivity index (χ1) is 11.2. The minimum Gasteiger partial charge on any atom is -0.350 e. The van der Waals surface area contributed by atoms with E-state index in [0.717, 1.165) is 42.7 Å². The Morgan fingerprint density at radius 3 is 2.91 bits per heavy atom. The van der Waals surface area contributed by atoms with E-state index in [0.29, 0.717) is 5.92 Å². The molecule has 4 nitrogen and oxygen atoms in total. The standard InChI is InChI=1S/C18H24N4S/c1-14-13-23-17(21-14)11-20-18(19-2)22-9-8-16(12-22)10-15-6-4-3-5-7-15/h3-7,13,16H,8-12H2,1-2H3,(H,19,20). The number of nitrogens with one attached hydrogen (secondary N) is 1. The molecule has 0 spiro atoms. The van der Waals surface area contributed by atoms with Crippen LogP contribution in [0.3, 0.4) is 0 Å². The molecular formula is C18H24N4S. The van der Waals surface area contributed by atoms with Crippen LogP contribution in [-0.4, -0.2) is 36.0 Å². The van der Waals surface area contributed by atoms with Gasteiger partial charge in [0.2, 0.25) is 0 Å². The molecule has 0 amide bonds. The van der Waals surface area contributed by atoms with E-state index in [1.807, 2.05) is 14.0 Å². The van der Waals surface area contributed by atoms with Crippen molar-refractivity contribution < 1.29 is 0 Å². The Morgan fingerprint density at radius 2 is 2.22 bits per heavy atom. The minimum atomic E-state index is 0.707. The number of nitrogens with zero attached hydrogens (tertiary/aromatic N) is 3. The van der Waals surface area contributed by atoms with E-state index in [1.54, 1.807) is 11.3 Å². The van der Waals surface area contributed by atoms with E-state index >= 15 is 0 Å². The minimum absolute atomic E-state index is 0.707. The molecule has 1 unspecified atom stereocenters. The van der Waals surface area contributed by atoms with Crippen LogP contribution in [0.4, 0.5) is 0 Å². The summed E-state index contributed by atoms with van der Waals surface area (Å²) < 4.78 is 0. The lowest BCUT2D eigenvalue weighted by Crippen LogP contribution is -2.39. The van der Waals surface area contributed by atoms with Gasteiger partial charge in [0.25, 0.3) is 0 Å². The van der Waals surface area contributed by atoms with Gasteiger partial charge < -0.3 is 10.2 Å². The van der Waals surface area contributed by atoms with Gasteiger partial charge in [-0.1, -0.05) is 30.3 Å². The fraction of sp³-hybridized carbons (Fsp3) is 0.444. The molecule has 1 fully saturated rings. The number of aromatic nitrogens is 1. The number of benzene rings is 1. The summed E-state index contributed by atoms with van der Waals surface area (Å²) in [4.78, 5) is 11.3. The third-order valence-electron chi connectivity index (χ3n) is 4.23. The molecule has 1 aromatic heterocycles. The van der Waals surface area contributed by atoms with Crippen molar-refractivity contribution in [2.45, 2.75) is 26.3 Å². The van der Waals surface area contributed by atoms with Gasteiger partial charge in [0.05, 0.1) is 6.54 Å². The van der Waals surface area contributed by atoms with E-state index < -0.39 is 0 Å². The Kier molecular flexibility index (Phi) is 5.28. The van der Waals surface area contributed by atoms with Gasteiger partial charge >= 0.3 is 0 Å². The molecule has 1 aliphatic heterocycles. The average Bonchev–Trinajstić information content (AvgIpc) is 3.19. The Hall–Kier alpha value is -1.88. The van der Waals surface area contributed by atoms with Gasteiger partial charge in [-0.05, 0) is 31.2 Å². The number of rotatable bonds is 4. The lowest BCUT2D eigenvalue weighted by molar-refractivity contribution is 0.459. The third-order valence-corrected chi connectivity index (χ3v) is 5.20. The normalized spacial score (nSPS) is 18.4. The van der Waals surface area contributed by atoms with Gasteiger partial charge in [-0.2, -0.15) is 0 Å². The Morgan fingerprint density at radius 1 is 1.39 bits per heavy atom. The first-order valence-corrected chi connectivity index (χ1v) is 9.03. The zero-order valence-electron chi connectivity index (χ0n) is 13.8. The van der Waals surface area contributed by atoms with Crippen molar-refractivity contribution in [3.05, 3.63) is 52.0 Å². The predicted octanol–water partition coefficient (Wildman–Crippen LogP) is 3.09. The average molecular weight is 328 g/mol. The Labute approximate surface area is 142 Å². The van der Waals surface area contributed by atoms with Crippen molar-refractivity contribution >= 4 is 17.3 Å². The van der Waals surface area contributed by atoms with Crippen LogP contribution >= 0.6 is 11.3 Å². The van der Waals surface area contributed by atoms with Crippen LogP contribution in [0, 0.1) is 12.8 Å². The van der Waals surface area contributed by atoms with Gasteiger partial charge in [0.15, 0.2) is 5.96 Å². The van der Waals surface area contributed by atoms with Gasteiger partial charge in [0.1, 0.15) is 5.01 Å². The van der Waals surface area contributed by atoms with Crippen LogP contribution in [-0.2, 0) is 13.0 Å². The van der Waals surface area contributed by atoms with Crippen molar-refractivity contribution in [3.8, 4) is 0 Å². The zero-order valence-corrected chi connectivity index (χ0v) is 14.6. The molecule has 1 N–H and O–H groups in total. The summed E-state index contributed by atoms with van der Waals surface area (Å²) in [5, 5.41) is 6.65. The number of likely N-dealkylation sites (tertiary alicyclic amines) is 1. The molecule has 1 atom stereocenters. The van der Waals surface area contributed by atoms with Crippen LogP contribution in [0.1, 0.15) is 22.7 Å². The van der Waals surface area contributed by atoms with Crippen molar-refractivity contribution in [2.24, 2.45) is 10.9 Å². The van der Waals surface area contributed by atoms with E-state index in [1.165, 1.54) is 12.0 Å². The second kappa shape index (κ2) is 7.59. The summed E-state index contributed by atoms with van der Waals surface area (Å²) >= 11 is 1.70. The lowest BCUT2D eigenvalue weighted by Gasteiger charge is -2.21. The molecule has 3 rings (SSSR count). The lowest BCUT2D eigenvalue weighted by atomic mass is 9.99. The molecular weight excluding hydrogens is 304 g/mol. The molecule has 23 heavy (non-hydrogen) atoms. The summed E-state index contributed by atoms with van der Waals surface area (Å²) in [5.41, 5.74) is 2.52. The Balaban J connectivity index is 1.52. The van der Waals surface area contributed by atoms with Crippen LogP contribution in [0.5, 0.6) is 0 Å². The molecule has 5 heteroatoms. The van der Waals surface area contributed by atoms with Gasteiger partial charge in [0, 0.05) is 31.2 Å². The molecule has 1 aliphatic rings. The molecule has 1 aromatic carbocycles. The Bertz CT molecular complexity index is 650. The monoisotopic (exact) mass is 328 g/mol. The number of guanidine groups is 1. The first kappa shape index (κ1) is 16.0. The quantitative estimate of drug-likeness (QED) is 0.692. The number of hydrogen-bond donors (Lipinski definition) is 1. The van der Waals surface area contributed by atoms with Gasteiger partial charge in [-0.15, -0.1) is 11.3 Å². The van der Waals surface area contributed by atoms with E-state index in [9.17, 15) is 0 Å². The van der Waals surface area contributed by atoms with Crippen LogP contribution < -0.4 is 5.32 Å². The SMILES string of the molecule is CN=C(NCc1nc(C)cs1)N1CCC(Cc2ccccc2)C1. The second-order valence-electron chi connectivity index (χ2n) is 6.07. The van der Waals surface area contributed by atoms with E-state index in [-0.39, 0.29) is 0 Å².